The van der Waals surface area contributed by atoms with Crippen molar-refractivity contribution in [3.05, 3.63) is 79.8 Å². The van der Waals surface area contributed by atoms with Crippen molar-refractivity contribution >= 4 is 68.1 Å². The first-order valence-electron chi connectivity index (χ1n) is 10.7. The molecular formula is C24H21BrCl3N5O. The van der Waals surface area contributed by atoms with Gasteiger partial charge in [-0.05, 0) is 52.5 Å². The predicted octanol–water partition coefficient (Wildman–Crippen LogP) is 6.67. The fourth-order valence-electron chi connectivity index (χ4n) is 3.46. The summed E-state index contributed by atoms with van der Waals surface area (Å²) in [5.74, 6) is 0.742. The van der Waals surface area contributed by atoms with E-state index in [0.717, 1.165) is 40.0 Å². The van der Waals surface area contributed by atoms with Crippen LogP contribution in [0.25, 0.3) is 16.9 Å². The molecule has 2 heterocycles. The van der Waals surface area contributed by atoms with Crippen molar-refractivity contribution in [1.29, 1.82) is 0 Å². The summed E-state index contributed by atoms with van der Waals surface area (Å²) in [5, 5.41) is 12.4. The molecule has 0 spiro atoms. The molecule has 0 bridgehead atoms. The Balaban J connectivity index is 1.31. The molecule has 0 fully saturated rings. The third-order valence-electron chi connectivity index (χ3n) is 5.18. The van der Waals surface area contributed by atoms with E-state index in [1.165, 1.54) is 0 Å². The fraction of sp³-hybridized carbons (Fsp3) is 0.208. The highest BCUT2D eigenvalue weighted by atomic mass is 79.9. The Morgan fingerprint density at radius 2 is 1.79 bits per heavy atom. The van der Waals surface area contributed by atoms with Crippen LogP contribution >= 0.6 is 50.7 Å². The Morgan fingerprint density at radius 3 is 2.59 bits per heavy atom. The van der Waals surface area contributed by atoms with E-state index in [2.05, 4.69) is 31.7 Å². The lowest BCUT2D eigenvalue weighted by Gasteiger charge is -2.12. The van der Waals surface area contributed by atoms with Gasteiger partial charge in [0.2, 0.25) is 5.91 Å². The van der Waals surface area contributed by atoms with Crippen molar-refractivity contribution < 1.29 is 4.79 Å². The summed E-state index contributed by atoms with van der Waals surface area (Å²) in [4.78, 5) is 16.9. The molecule has 176 valence electrons. The fourth-order valence-corrected chi connectivity index (χ4v) is 4.52. The van der Waals surface area contributed by atoms with Gasteiger partial charge in [-0.2, -0.15) is 9.61 Å². The molecular weight excluding hydrogens is 561 g/mol. The van der Waals surface area contributed by atoms with Crippen LogP contribution in [0, 0.1) is 0 Å². The summed E-state index contributed by atoms with van der Waals surface area (Å²) in [6.07, 6.45) is 3.62. The van der Waals surface area contributed by atoms with Gasteiger partial charge in [0, 0.05) is 39.8 Å². The molecule has 0 aliphatic carbocycles. The Bertz CT molecular complexity index is 1330. The Labute approximate surface area is 220 Å². The topological polar surface area (TPSA) is 71.3 Å². The van der Waals surface area contributed by atoms with Gasteiger partial charge in [-0.25, -0.2) is 4.98 Å². The number of hydrogen-bond acceptors (Lipinski definition) is 4. The normalized spacial score (nSPS) is 11.1. The molecule has 0 atom stereocenters. The number of carbonyl (C=O) groups excluding carboxylic acids is 1. The number of rotatable bonds is 9. The number of amides is 1. The van der Waals surface area contributed by atoms with Gasteiger partial charge in [0.15, 0.2) is 5.65 Å². The maximum atomic E-state index is 12.2. The zero-order valence-corrected chi connectivity index (χ0v) is 21.8. The van der Waals surface area contributed by atoms with Crippen LogP contribution in [0.15, 0.2) is 59.2 Å². The van der Waals surface area contributed by atoms with Gasteiger partial charge >= 0.3 is 0 Å². The largest absolute Gasteiger partial charge is 0.370 e. The van der Waals surface area contributed by atoms with Gasteiger partial charge in [0.1, 0.15) is 5.82 Å². The van der Waals surface area contributed by atoms with Crippen LogP contribution in [0.4, 0.5) is 5.82 Å². The van der Waals surface area contributed by atoms with Crippen molar-refractivity contribution in [3.8, 4) is 11.3 Å². The molecule has 0 aliphatic heterocycles. The van der Waals surface area contributed by atoms with E-state index in [9.17, 15) is 4.79 Å². The number of nitrogens with one attached hydrogen (secondary N) is 2. The molecule has 0 aliphatic rings. The smallest absolute Gasteiger partial charge is 0.224 e. The molecule has 4 aromatic rings. The van der Waals surface area contributed by atoms with Crippen molar-refractivity contribution in [2.75, 3.05) is 18.4 Å². The first-order chi connectivity index (χ1) is 16.4. The summed E-state index contributed by atoms with van der Waals surface area (Å²) >= 11 is 21.9. The molecule has 2 N–H and O–H groups in total. The van der Waals surface area contributed by atoms with Crippen LogP contribution in [-0.2, 0) is 11.2 Å². The summed E-state index contributed by atoms with van der Waals surface area (Å²) in [5.41, 5.74) is 3.07. The van der Waals surface area contributed by atoms with Crippen LogP contribution in [-0.4, -0.2) is 33.6 Å². The molecule has 0 unspecified atom stereocenters. The minimum absolute atomic E-state index is 0.0706. The van der Waals surface area contributed by atoms with E-state index in [4.69, 9.17) is 39.8 Å². The van der Waals surface area contributed by atoms with Crippen molar-refractivity contribution in [2.45, 2.75) is 19.3 Å². The van der Waals surface area contributed by atoms with E-state index < -0.39 is 0 Å². The molecule has 0 saturated carbocycles. The lowest BCUT2D eigenvalue weighted by molar-refractivity contribution is -0.120. The molecule has 34 heavy (non-hydrogen) atoms. The number of fused-ring (bicyclic) bond motifs is 1. The second-order valence-electron chi connectivity index (χ2n) is 7.63. The van der Waals surface area contributed by atoms with Crippen LogP contribution < -0.4 is 10.6 Å². The van der Waals surface area contributed by atoms with Gasteiger partial charge in [0.05, 0.1) is 22.8 Å². The number of halogens is 4. The van der Waals surface area contributed by atoms with Gasteiger partial charge in [-0.15, -0.1) is 0 Å². The minimum Gasteiger partial charge on any atom is -0.370 e. The monoisotopic (exact) mass is 579 g/mol. The molecule has 0 saturated heterocycles. The third-order valence-corrected chi connectivity index (χ3v) is 6.65. The number of carbonyl (C=O) groups is 1. The van der Waals surface area contributed by atoms with Crippen LogP contribution in [0.2, 0.25) is 15.1 Å². The third kappa shape index (κ3) is 6.02. The summed E-state index contributed by atoms with van der Waals surface area (Å²) < 4.78 is 2.55. The second-order valence-corrected chi connectivity index (χ2v) is 9.74. The number of nitrogens with zero attached hydrogens (tertiary/aromatic N) is 3. The van der Waals surface area contributed by atoms with Crippen molar-refractivity contribution in [3.63, 3.8) is 0 Å². The Morgan fingerprint density at radius 1 is 1.00 bits per heavy atom. The molecule has 4 rings (SSSR count). The molecule has 2 aromatic carbocycles. The van der Waals surface area contributed by atoms with E-state index in [0.29, 0.717) is 33.8 Å². The highest BCUT2D eigenvalue weighted by Gasteiger charge is 2.13. The summed E-state index contributed by atoms with van der Waals surface area (Å²) in [6.45, 7) is 1.28. The van der Waals surface area contributed by atoms with Crippen LogP contribution in [0.5, 0.6) is 0 Å². The van der Waals surface area contributed by atoms with Gasteiger partial charge in [0.25, 0.3) is 0 Å². The zero-order chi connectivity index (χ0) is 24.1. The van der Waals surface area contributed by atoms with Gasteiger partial charge < -0.3 is 10.6 Å². The Hall–Kier alpha value is -2.32. The predicted molar refractivity (Wildman–Crippen MR) is 142 cm³/mol. The quantitative estimate of drug-likeness (QED) is 0.217. The zero-order valence-electron chi connectivity index (χ0n) is 18.0. The first-order valence-corrected chi connectivity index (χ1v) is 12.6. The maximum absolute atomic E-state index is 12.2. The average Bonchev–Trinajstić information content (AvgIpc) is 3.19. The van der Waals surface area contributed by atoms with E-state index in [-0.39, 0.29) is 12.3 Å². The van der Waals surface area contributed by atoms with Crippen molar-refractivity contribution in [2.24, 2.45) is 0 Å². The highest BCUT2D eigenvalue weighted by Crippen LogP contribution is 2.30. The molecule has 10 heteroatoms. The second kappa shape index (κ2) is 11.4. The summed E-state index contributed by atoms with van der Waals surface area (Å²) in [7, 11) is 0. The number of aromatic nitrogens is 3. The maximum Gasteiger partial charge on any atom is 0.224 e. The van der Waals surface area contributed by atoms with Crippen LogP contribution in [0.1, 0.15) is 18.4 Å². The Kier molecular flexibility index (Phi) is 8.32. The van der Waals surface area contributed by atoms with E-state index >= 15 is 0 Å². The minimum atomic E-state index is -0.0706. The summed E-state index contributed by atoms with van der Waals surface area (Å²) in [6, 6.07) is 14.7. The lowest BCUT2D eigenvalue weighted by Crippen LogP contribution is -2.26. The molecule has 2 aromatic heterocycles. The van der Waals surface area contributed by atoms with Gasteiger partial charge in [-0.1, -0.05) is 59.1 Å². The number of anilines is 1. The molecule has 1 amide bonds. The van der Waals surface area contributed by atoms with Gasteiger partial charge in [-0.3, -0.25) is 4.79 Å². The first kappa shape index (κ1) is 24.8. The highest BCUT2D eigenvalue weighted by molar-refractivity contribution is 9.10. The SMILES string of the molecule is O=C(Cc1ccc(Cl)cc1Cl)NCCCCNc1cc(-c2ccccc2Cl)nc2c(Br)cnn12. The molecule has 0 radical (unpaired) electrons. The lowest BCUT2D eigenvalue weighted by atomic mass is 10.1. The van der Waals surface area contributed by atoms with Crippen LogP contribution in [0.3, 0.4) is 0 Å². The average molecular weight is 582 g/mol. The van der Waals surface area contributed by atoms with E-state index in [1.54, 1.807) is 28.9 Å². The number of hydrogen-bond donors (Lipinski definition) is 2. The number of unbranched alkanes of at least 4 members (excludes halogenated alkanes) is 1. The standard InChI is InChI=1S/C24H21BrCl3N5O/c25-18-14-31-33-22(13-21(32-24(18)33)17-5-1-2-6-19(17)27)29-9-3-4-10-30-23(34)11-15-7-8-16(26)12-20(15)28/h1-2,5-8,12-14,29H,3-4,9-11H2,(H,30,34). The van der Waals surface area contributed by atoms with E-state index in [1.807, 2.05) is 30.3 Å². The van der Waals surface area contributed by atoms with Crippen molar-refractivity contribution in [1.82, 2.24) is 19.9 Å². The molecule has 6 nitrogen and oxygen atoms in total. The number of benzene rings is 2.